The molecule has 0 spiro atoms. The van der Waals surface area contributed by atoms with Gasteiger partial charge in [-0.15, -0.1) is 11.6 Å². The standard InChI is InChI=1S/C16H11Cl2FN2O2/c17-12-8-9(19)6-7-11(12)15(22)14-13(18)16(23)21(14)20-10-4-2-1-3-5-10/h1-8,13-14,20H. The Morgan fingerprint density at radius 3 is 2.52 bits per heavy atom. The Balaban J connectivity index is 1.85. The predicted molar refractivity (Wildman–Crippen MR) is 86.1 cm³/mol. The highest BCUT2D eigenvalue weighted by molar-refractivity contribution is 6.39. The highest BCUT2D eigenvalue weighted by Crippen LogP contribution is 2.31. The Labute approximate surface area is 141 Å². The van der Waals surface area contributed by atoms with E-state index in [1.807, 2.05) is 6.07 Å². The molecule has 1 aliphatic rings. The first-order chi connectivity index (χ1) is 11.0. The summed E-state index contributed by atoms with van der Waals surface area (Å²) < 4.78 is 13.1. The van der Waals surface area contributed by atoms with Crippen molar-refractivity contribution in [2.24, 2.45) is 0 Å². The number of ketones is 1. The lowest BCUT2D eigenvalue weighted by Gasteiger charge is -2.43. The number of benzene rings is 2. The number of nitrogens with one attached hydrogen (secondary N) is 1. The number of hydrogen-bond donors (Lipinski definition) is 1. The molecule has 23 heavy (non-hydrogen) atoms. The third kappa shape index (κ3) is 2.90. The zero-order valence-corrected chi connectivity index (χ0v) is 13.2. The van der Waals surface area contributed by atoms with Crippen molar-refractivity contribution in [1.29, 1.82) is 0 Å². The lowest BCUT2D eigenvalue weighted by molar-refractivity contribution is -0.140. The molecule has 1 saturated heterocycles. The van der Waals surface area contributed by atoms with Crippen molar-refractivity contribution in [2.75, 3.05) is 5.43 Å². The Morgan fingerprint density at radius 1 is 1.17 bits per heavy atom. The van der Waals surface area contributed by atoms with Gasteiger partial charge in [0.1, 0.15) is 17.2 Å². The van der Waals surface area contributed by atoms with Gasteiger partial charge in [-0.1, -0.05) is 29.8 Å². The molecular weight excluding hydrogens is 342 g/mol. The normalized spacial score (nSPS) is 20.1. The Bertz CT molecular complexity index is 770. The van der Waals surface area contributed by atoms with Crippen molar-refractivity contribution >= 4 is 40.6 Å². The van der Waals surface area contributed by atoms with Crippen LogP contribution in [0.1, 0.15) is 10.4 Å². The van der Waals surface area contributed by atoms with Gasteiger partial charge in [0.25, 0.3) is 5.91 Å². The average Bonchev–Trinajstić information content (AvgIpc) is 2.54. The van der Waals surface area contributed by atoms with Crippen LogP contribution in [0, 0.1) is 5.82 Å². The van der Waals surface area contributed by atoms with Crippen LogP contribution in [0.5, 0.6) is 0 Å². The molecule has 1 heterocycles. The number of Topliss-reactive ketones (excluding diaryl/α,β-unsaturated/α-hetero) is 1. The SMILES string of the molecule is O=C(c1ccc(F)cc1Cl)C1C(Cl)C(=O)N1Nc1ccccc1. The molecule has 3 rings (SSSR count). The quantitative estimate of drug-likeness (QED) is 0.520. The summed E-state index contributed by atoms with van der Waals surface area (Å²) in [6.45, 7) is 0. The number of para-hydroxylation sites is 1. The molecule has 2 atom stereocenters. The van der Waals surface area contributed by atoms with Gasteiger partial charge in [0.15, 0.2) is 5.78 Å². The number of rotatable bonds is 4. The van der Waals surface area contributed by atoms with E-state index < -0.39 is 28.9 Å². The van der Waals surface area contributed by atoms with Gasteiger partial charge in [0.05, 0.1) is 10.7 Å². The van der Waals surface area contributed by atoms with E-state index in [4.69, 9.17) is 23.2 Å². The minimum atomic E-state index is -0.986. The molecule has 0 aromatic heterocycles. The Kier molecular flexibility index (Phi) is 4.24. The van der Waals surface area contributed by atoms with E-state index in [2.05, 4.69) is 5.43 Å². The second kappa shape index (κ2) is 6.18. The van der Waals surface area contributed by atoms with Crippen molar-refractivity contribution in [3.8, 4) is 0 Å². The minimum Gasteiger partial charge on any atom is -0.295 e. The van der Waals surface area contributed by atoms with E-state index in [0.717, 1.165) is 17.1 Å². The third-order valence-corrected chi connectivity index (χ3v) is 4.26. The van der Waals surface area contributed by atoms with Crippen molar-refractivity contribution in [2.45, 2.75) is 11.4 Å². The zero-order chi connectivity index (χ0) is 16.6. The van der Waals surface area contributed by atoms with Gasteiger partial charge >= 0.3 is 0 Å². The molecule has 118 valence electrons. The molecule has 0 bridgehead atoms. The number of halogens is 3. The van der Waals surface area contributed by atoms with E-state index in [0.29, 0.717) is 5.69 Å². The number of β-lactam (4-membered cyclic amide) rings is 1. The molecule has 7 heteroatoms. The van der Waals surface area contributed by atoms with E-state index in [9.17, 15) is 14.0 Å². The van der Waals surface area contributed by atoms with Crippen molar-refractivity contribution in [3.63, 3.8) is 0 Å². The number of nitrogens with zero attached hydrogens (tertiary/aromatic N) is 1. The molecule has 1 amide bonds. The lowest BCUT2D eigenvalue weighted by Crippen LogP contribution is -2.67. The first-order valence-corrected chi connectivity index (χ1v) is 7.58. The van der Waals surface area contributed by atoms with Crippen LogP contribution in [0.15, 0.2) is 48.5 Å². The maximum Gasteiger partial charge on any atom is 0.262 e. The lowest BCUT2D eigenvalue weighted by atomic mass is 9.94. The summed E-state index contributed by atoms with van der Waals surface area (Å²) in [6, 6.07) is 11.5. The van der Waals surface area contributed by atoms with E-state index in [-0.39, 0.29) is 10.6 Å². The molecule has 4 nitrogen and oxygen atoms in total. The Hall–Kier alpha value is -2.11. The number of alkyl halides is 1. The fourth-order valence-corrected chi connectivity index (χ4v) is 2.92. The van der Waals surface area contributed by atoms with Crippen LogP contribution in [0.2, 0.25) is 5.02 Å². The van der Waals surface area contributed by atoms with Gasteiger partial charge in [-0.05, 0) is 30.3 Å². The molecule has 0 radical (unpaired) electrons. The average molecular weight is 353 g/mol. The third-order valence-electron chi connectivity index (χ3n) is 3.52. The van der Waals surface area contributed by atoms with Crippen molar-refractivity contribution in [1.82, 2.24) is 5.01 Å². The number of carbonyl (C=O) groups is 2. The summed E-state index contributed by atoms with van der Waals surface area (Å²) in [7, 11) is 0. The van der Waals surface area contributed by atoms with Crippen molar-refractivity contribution in [3.05, 3.63) is 64.9 Å². The van der Waals surface area contributed by atoms with Crippen LogP contribution in [0.4, 0.5) is 10.1 Å². The molecule has 0 saturated carbocycles. The van der Waals surface area contributed by atoms with Gasteiger partial charge in [-0.25, -0.2) is 9.40 Å². The monoisotopic (exact) mass is 352 g/mol. The fourth-order valence-electron chi connectivity index (χ4n) is 2.33. The first kappa shape index (κ1) is 15.8. The van der Waals surface area contributed by atoms with E-state index >= 15 is 0 Å². The maximum atomic E-state index is 13.1. The minimum absolute atomic E-state index is 0.0159. The summed E-state index contributed by atoms with van der Waals surface area (Å²) in [6.07, 6.45) is 0. The van der Waals surface area contributed by atoms with E-state index in [1.165, 1.54) is 6.07 Å². The number of hydrogen-bond acceptors (Lipinski definition) is 3. The van der Waals surface area contributed by atoms with Crippen LogP contribution in [-0.2, 0) is 4.79 Å². The number of amides is 1. The van der Waals surface area contributed by atoms with Crippen LogP contribution < -0.4 is 5.43 Å². The van der Waals surface area contributed by atoms with Gasteiger partial charge in [0, 0.05) is 5.56 Å². The molecule has 2 aromatic carbocycles. The number of anilines is 1. The summed E-state index contributed by atoms with van der Waals surface area (Å²) in [5.41, 5.74) is 3.62. The van der Waals surface area contributed by atoms with Crippen molar-refractivity contribution < 1.29 is 14.0 Å². The molecule has 1 fully saturated rings. The summed E-state index contributed by atoms with van der Waals surface area (Å²) in [4.78, 5) is 24.5. The summed E-state index contributed by atoms with van der Waals surface area (Å²) in [5, 5.41) is 0.160. The van der Waals surface area contributed by atoms with Crippen LogP contribution >= 0.6 is 23.2 Å². The molecule has 1 aliphatic heterocycles. The second-order valence-corrected chi connectivity index (χ2v) is 5.90. The molecular formula is C16H11Cl2FN2O2. The van der Waals surface area contributed by atoms with Gasteiger partial charge in [-0.2, -0.15) is 0 Å². The maximum absolute atomic E-state index is 13.1. The van der Waals surface area contributed by atoms with Gasteiger partial charge in [0.2, 0.25) is 0 Å². The Morgan fingerprint density at radius 2 is 1.87 bits per heavy atom. The number of hydrazine groups is 1. The highest BCUT2D eigenvalue weighted by Gasteiger charge is 2.51. The molecule has 2 unspecified atom stereocenters. The largest absolute Gasteiger partial charge is 0.295 e. The molecule has 1 N–H and O–H groups in total. The zero-order valence-electron chi connectivity index (χ0n) is 11.7. The van der Waals surface area contributed by atoms with Gasteiger partial charge < -0.3 is 0 Å². The summed E-state index contributed by atoms with van der Waals surface area (Å²) >= 11 is 11.9. The number of carbonyl (C=O) groups excluding carboxylic acids is 2. The van der Waals surface area contributed by atoms with Crippen LogP contribution in [0.25, 0.3) is 0 Å². The smallest absolute Gasteiger partial charge is 0.262 e. The molecule has 0 aliphatic carbocycles. The fraction of sp³-hybridized carbons (Fsp3) is 0.125. The van der Waals surface area contributed by atoms with Crippen LogP contribution in [0.3, 0.4) is 0 Å². The predicted octanol–water partition coefficient (Wildman–Crippen LogP) is 3.51. The topological polar surface area (TPSA) is 49.4 Å². The second-order valence-electron chi connectivity index (χ2n) is 5.02. The molecule has 2 aromatic rings. The van der Waals surface area contributed by atoms with Crippen LogP contribution in [-0.4, -0.2) is 28.1 Å². The highest BCUT2D eigenvalue weighted by atomic mass is 35.5. The van der Waals surface area contributed by atoms with Gasteiger partial charge in [-0.3, -0.25) is 15.0 Å². The first-order valence-electron chi connectivity index (χ1n) is 6.77. The summed E-state index contributed by atoms with van der Waals surface area (Å²) in [5.74, 6) is -1.40. The van der Waals surface area contributed by atoms with E-state index in [1.54, 1.807) is 24.3 Å².